The van der Waals surface area contributed by atoms with Crippen molar-refractivity contribution in [3.05, 3.63) is 29.3 Å². The Balaban J connectivity index is 0.00000121. The van der Waals surface area contributed by atoms with Gasteiger partial charge in [-0.05, 0) is 37.5 Å². The van der Waals surface area contributed by atoms with Gasteiger partial charge in [-0.25, -0.2) is 0 Å². The van der Waals surface area contributed by atoms with E-state index < -0.39 is 0 Å². The summed E-state index contributed by atoms with van der Waals surface area (Å²) >= 11 is 0. The molecule has 0 amide bonds. The Morgan fingerprint density at radius 3 is 2.12 bits per heavy atom. The first kappa shape index (κ1) is 16.0. The second-order valence-corrected chi connectivity index (χ2v) is 4.35. The predicted octanol–water partition coefficient (Wildman–Crippen LogP) is 4.12. The number of rotatable bonds is 4. The van der Waals surface area contributed by atoms with Gasteiger partial charge in [0.2, 0.25) is 0 Å². The van der Waals surface area contributed by atoms with E-state index >= 15 is 0 Å². The molecule has 17 heavy (non-hydrogen) atoms. The second kappa shape index (κ2) is 8.13. The molecule has 0 heterocycles. The fourth-order valence-corrected chi connectivity index (χ4v) is 1.45. The first-order valence-electron chi connectivity index (χ1n) is 6.45. The maximum atomic E-state index is 9.26. The van der Waals surface area contributed by atoms with Gasteiger partial charge in [-0.15, -0.1) is 0 Å². The normalized spacial score (nSPS) is 10.2. The van der Waals surface area contributed by atoms with Crippen LogP contribution in [0.2, 0.25) is 0 Å². The van der Waals surface area contributed by atoms with Crippen molar-refractivity contribution >= 4 is 0 Å². The standard InChI is InChI=1S/C13H20O2.C2H6/c1-9(2)11-5-6-13(15-10(3)4)12(7-11)8-14;1-2/h5-7,9-10,14H,8H2,1-4H3;1-2H3. The van der Waals surface area contributed by atoms with Gasteiger partial charge in [0.25, 0.3) is 0 Å². The number of hydrogen-bond donors (Lipinski definition) is 1. The van der Waals surface area contributed by atoms with Crippen LogP contribution in [0, 0.1) is 0 Å². The summed E-state index contributed by atoms with van der Waals surface area (Å²) in [5, 5.41) is 9.26. The third-order valence-corrected chi connectivity index (χ3v) is 2.28. The van der Waals surface area contributed by atoms with Crippen molar-refractivity contribution in [2.24, 2.45) is 0 Å². The fourth-order valence-electron chi connectivity index (χ4n) is 1.45. The average molecular weight is 238 g/mol. The number of benzene rings is 1. The number of hydrogen-bond acceptors (Lipinski definition) is 2. The van der Waals surface area contributed by atoms with E-state index in [1.807, 2.05) is 39.8 Å². The summed E-state index contributed by atoms with van der Waals surface area (Å²) in [4.78, 5) is 0. The second-order valence-electron chi connectivity index (χ2n) is 4.35. The zero-order chi connectivity index (χ0) is 13.4. The average Bonchev–Trinajstić information content (AvgIpc) is 2.31. The van der Waals surface area contributed by atoms with Crippen LogP contribution in [0.1, 0.15) is 58.6 Å². The minimum absolute atomic E-state index is 0.0304. The highest BCUT2D eigenvalue weighted by Crippen LogP contribution is 2.25. The van der Waals surface area contributed by atoms with E-state index in [2.05, 4.69) is 19.9 Å². The molecule has 0 aliphatic heterocycles. The maximum Gasteiger partial charge on any atom is 0.125 e. The molecule has 98 valence electrons. The summed E-state index contributed by atoms with van der Waals surface area (Å²) in [5.41, 5.74) is 2.10. The first-order valence-corrected chi connectivity index (χ1v) is 6.45. The van der Waals surface area contributed by atoms with Gasteiger partial charge >= 0.3 is 0 Å². The van der Waals surface area contributed by atoms with Crippen molar-refractivity contribution in [1.82, 2.24) is 0 Å². The Labute approximate surface area is 106 Å². The Bertz CT molecular complexity index is 317. The van der Waals surface area contributed by atoms with E-state index in [1.165, 1.54) is 5.56 Å². The van der Waals surface area contributed by atoms with Gasteiger partial charge in [-0.2, -0.15) is 0 Å². The smallest absolute Gasteiger partial charge is 0.125 e. The molecule has 1 aromatic carbocycles. The molecule has 0 saturated heterocycles. The van der Waals surface area contributed by atoms with Crippen LogP contribution in [-0.4, -0.2) is 11.2 Å². The number of ether oxygens (including phenoxy) is 1. The van der Waals surface area contributed by atoms with E-state index in [0.29, 0.717) is 5.92 Å². The number of aliphatic hydroxyl groups excluding tert-OH is 1. The largest absolute Gasteiger partial charge is 0.491 e. The third-order valence-electron chi connectivity index (χ3n) is 2.28. The minimum Gasteiger partial charge on any atom is -0.491 e. The molecule has 0 atom stereocenters. The van der Waals surface area contributed by atoms with Crippen LogP contribution in [0.25, 0.3) is 0 Å². The topological polar surface area (TPSA) is 29.5 Å². The Morgan fingerprint density at radius 2 is 1.71 bits per heavy atom. The Morgan fingerprint density at radius 1 is 1.12 bits per heavy atom. The van der Waals surface area contributed by atoms with E-state index in [9.17, 15) is 5.11 Å². The van der Waals surface area contributed by atoms with Crippen molar-refractivity contribution in [2.45, 2.75) is 60.2 Å². The molecule has 1 N–H and O–H groups in total. The van der Waals surface area contributed by atoms with Gasteiger partial charge in [0.1, 0.15) is 5.75 Å². The lowest BCUT2D eigenvalue weighted by molar-refractivity contribution is 0.225. The SMILES string of the molecule is CC.CC(C)Oc1ccc(C(C)C)cc1CO. The van der Waals surface area contributed by atoms with Crippen LogP contribution >= 0.6 is 0 Å². The zero-order valence-corrected chi connectivity index (χ0v) is 11.9. The molecule has 0 bridgehead atoms. The molecular weight excluding hydrogens is 212 g/mol. The third kappa shape index (κ3) is 5.22. The monoisotopic (exact) mass is 238 g/mol. The summed E-state index contributed by atoms with van der Waals surface area (Å²) in [6.45, 7) is 12.3. The summed E-state index contributed by atoms with van der Waals surface area (Å²) in [6.07, 6.45) is 0.139. The van der Waals surface area contributed by atoms with Gasteiger partial charge in [0, 0.05) is 5.56 Å². The molecule has 0 unspecified atom stereocenters. The lowest BCUT2D eigenvalue weighted by atomic mass is 10.0. The van der Waals surface area contributed by atoms with Crippen LogP contribution in [-0.2, 0) is 6.61 Å². The quantitative estimate of drug-likeness (QED) is 0.855. The van der Waals surface area contributed by atoms with Gasteiger partial charge in [-0.3, -0.25) is 0 Å². The van der Waals surface area contributed by atoms with Crippen LogP contribution in [0.3, 0.4) is 0 Å². The van der Waals surface area contributed by atoms with Crippen LogP contribution in [0.15, 0.2) is 18.2 Å². The highest BCUT2D eigenvalue weighted by molar-refractivity contribution is 5.38. The van der Waals surface area contributed by atoms with E-state index in [1.54, 1.807) is 0 Å². The van der Waals surface area contributed by atoms with Crippen LogP contribution < -0.4 is 4.74 Å². The molecule has 1 rings (SSSR count). The van der Waals surface area contributed by atoms with E-state index in [0.717, 1.165) is 11.3 Å². The summed E-state index contributed by atoms with van der Waals surface area (Å²) in [7, 11) is 0. The van der Waals surface area contributed by atoms with E-state index in [4.69, 9.17) is 4.74 Å². The molecule has 0 aliphatic rings. The minimum atomic E-state index is 0.0304. The molecule has 0 saturated carbocycles. The van der Waals surface area contributed by atoms with Crippen molar-refractivity contribution in [1.29, 1.82) is 0 Å². The molecule has 0 fully saturated rings. The van der Waals surface area contributed by atoms with Gasteiger partial charge in [-0.1, -0.05) is 33.8 Å². The lowest BCUT2D eigenvalue weighted by Gasteiger charge is -2.15. The summed E-state index contributed by atoms with van der Waals surface area (Å²) in [6, 6.07) is 6.02. The fraction of sp³-hybridized carbons (Fsp3) is 0.600. The van der Waals surface area contributed by atoms with Gasteiger partial charge in [0.15, 0.2) is 0 Å². The van der Waals surface area contributed by atoms with Crippen LogP contribution in [0.4, 0.5) is 0 Å². The maximum absolute atomic E-state index is 9.26. The highest BCUT2D eigenvalue weighted by Gasteiger charge is 2.07. The van der Waals surface area contributed by atoms with Gasteiger partial charge in [0.05, 0.1) is 12.7 Å². The Kier molecular flexibility index (Phi) is 7.64. The molecule has 1 aromatic rings. The van der Waals surface area contributed by atoms with Crippen LogP contribution in [0.5, 0.6) is 5.75 Å². The molecule has 0 radical (unpaired) electrons. The van der Waals surface area contributed by atoms with Crippen molar-refractivity contribution < 1.29 is 9.84 Å². The van der Waals surface area contributed by atoms with Crippen molar-refractivity contribution in [3.63, 3.8) is 0 Å². The lowest BCUT2D eigenvalue weighted by Crippen LogP contribution is -2.08. The molecular formula is C15H26O2. The zero-order valence-electron chi connectivity index (χ0n) is 11.9. The molecule has 0 spiro atoms. The molecule has 0 aliphatic carbocycles. The summed E-state index contributed by atoms with van der Waals surface area (Å²) in [5.74, 6) is 1.26. The Hall–Kier alpha value is -1.02. The van der Waals surface area contributed by atoms with Gasteiger partial charge < -0.3 is 9.84 Å². The molecule has 2 nitrogen and oxygen atoms in total. The highest BCUT2D eigenvalue weighted by atomic mass is 16.5. The molecule has 0 aromatic heterocycles. The molecule has 2 heteroatoms. The first-order chi connectivity index (χ1) is 8.04. The van der Waals surface area contributed by atoms with Crippen molar-refractivity contribution in [2.75, 3.05) is 0 Å². The number of aliphatic hydroxyl groups is 1. The predicted molar refractivity (Wildman–Crippen MR) is 73.6 cm³/mol. The summed E-state index contributed by atoms with van der Waals surface area (Å²) < 4.78 is 5.61. The van der Waals surface area contributed by atoms with E-state index in [-0.39, 0.29) is 12.7 Å². The van der Waals surface area contributed by atoms with Crippen molar-refractivity contribution in [3.8, 4) is 5.75 Å².